The lowest BCUT2D eigenvalue weighted by Gasteiger charge is -2.31. The summed E-state index contributed by atoms with van der Waals surface area (Å²) in [5, 5.41) is 3.03. The number of likely N-dealkylation sites (N-methyl/N-ethyl adjacent to an activating group) is 1. The van der Waals surface area contributed by atoms with E-state index in [0.29, 0.717) is 6.54 Å². The first-order valence-electron chi connectivity index (χ1n) is 8.18. The minimum atomic E-state index is -0.614. The zero-order valence-electron chi connectivity index (χ0n) is 14.2. The number of nitrogens with zero attached hydrogens (tertiary/aromatic N) is 2. The highest BCUT2D eigenvalue weighted by Gasteiger charge is 2.42. The minimum Gasteiger partial charge on any atom is -0.323 e. The van der Waals surface area contributed by atoms with Crippen molar-refractivity contribution in [3.8, 4) is 0 Å². The summed E-state index contributed by atoms with van der Waals surface area (Å²) >= 11 is 0. The van der Waals surface area contributed by atoms with Crippen molar-refractivity contribution in [1.29, 1.82) is 0 Å². The van der Waals surface area contributed by atoms with E-state index in [-0.39, 0.29) is 18.4 Å². The van der Waals surface area contributed by atoms with E-state index in [1.165, 1.54) is 0 Å². The van der Waals surface area contributed by atoms with Gasteiger partial charge >= 0.3 is 0 Å². The highest BCUT2D eigenvalue weighted by atomic mass is 16.2. The van der Waals surface area contributed by atoms with Crippen LogP contribution < -0.4 is 9.88 Å². The van der Waals surface area contributed by atoms with Crippen LogP contribution in [0.15, 0.2) is 42.6 Å². The molecule has 5 heteroatoms. The first-order chi connectivity index (χ1) is 11.5. The van der Waals surface area contributed by atoms with Gasteiger partial charge in [-0.25, -0.2) is 0 Å². The molecule has 1 N–H and O–H groups in total. The van der Waals surface area contributed by atoms with E-state index in [2.05, 4.69) is 5.32 Å². The topological polar surface area (TPSA) is 53.3 Å². The fourth-order valence-electron chi connectivity index (χ4n) is 3.26. The molecule has 24 heavy (non-hydrogen) atoms. The molecule has 0 saturated carbocycles. The molecule has 2 aromatic rings. The second-order valence-corrected chi connectivity index (χ2v) is 6.09. The molecule has 1 unspecified atom stereocenters. The number of aryl methyl sites for hydroxylation is 2. The van der Waals surface area contributed by atoms with Gasteiger partial charge in [-0.3, -0.25) is 9.59 Å². The Bertz CT molecular complexity index is 781. The third-order valence-electron chi connectivity index (χ3n) is 4.51. The van der Waals surface area contributed by atoms with Crippen LogP contribution in [-0.4, -0.2) is 23.3 Å². The highest BCUT2D eigenvalue weighted by Crippen LogP contribution is 2.26. The predicted octanol–water partition coefficient (Wildman–Crippen LogP) is 2.13. The smallest absolute Gasteiger partial charge is 0.289 e. The highest BCUT2D eigenvalue weighted by molar-refractivity contribution is 5.98. The molecule has 0 spiro atoms. The number of pyridine rings is 1. The molecule has 5 nitrogen and oxygen atoms in total. The van der Waals surface area contributed by atoms with Gasteiger partial charge in [0, 0.05) is 24.4 Å². The fourth-order valence-corrected chi connectivity index (χ4v) is 3.26. The molecule has 1 aromatic heterocycles. The van der Waals surface area contributed by atoms with Crippen LogP contribution in [0.4, 0.5) is 5.69 Å². The maximum Gasteiger partial charge on any atom is 0.289 e. The number of aromatic nitrogens is 1. The summed E-state index contributed by atoms with van der Waals surface area (Å²) in [6, 6.07) is 11.0. The third-order valence-corrected chi connectivity index (χ3v) is 4.51. The summed E-state index contributed by atoms with van der Waals surface area (Å²) in [5.74, 6) is -0.217. The molecule has 2 amide bonds. The van der Waals surface area contributed by atoms with Crippen LogP contribution in [0.1, 0.15) is 29.8 Å². The fraction of sp³-hybridized carbons (Fsp3) is 0.316. The Hall–Kier alpha value is -2.69. The predicted molar refractivity (Wildman–Crippen MR) is 91.3 cm³/mol. The number of para-hydroxylation sites is 1. The van der Waals surface area contributed by atoms with Crippen LogP contribution in [0.5, 0.6) is 0 Å². The van der Waals surface area contributed by atoms with Gasteiger partial charge in [-0.05, 0) is 31.9 Å². The van der Waals surface area contributed by atoms with Gasteiger partial charge in [0.1, 0.15) is 0 Å². The van der Waals surface area contributed by atoms with Crippen molar-refractivity contribution < 1.29 is 14.2 Å². The Labute approximate surface area is 141 Å². The molecule has 0 bridgehead atoms. The largest absolute Gasteiger partial charge is 0.323 e. The van der Waals surface area contributed by atoms with Gasteiger partial charge in [-0.15, -0.1) is 0 Å². The molecule has 3 rings (SSSR count). The van der Waals surface area contributed by atoms with Crippen molar-refractivity contribution in [1.82, 2.24) is 4.90 Å². The Morgan fingerprint density at radius 3 is 2.58 bits per heavy atom. The van der Waals surface area contributed by atoms with E-state index in [1.807, 2.05) is 67.9 Å². The molecular weight excluding hydrogens is 302 g/mol. The minimum absolute atomic E-state index is 0.0390. The van der Waals surface area contributed by atoms with Crippen LogP contribution in [0.2, 0.25) is 0 Å². The molecule has 0 fully saturated rings. The number of hydrogen-bond acceptors (Lipinski definition) is 2. The second kappa shape index (κ2) is 6.43. The van der Waals surface area contributed by atoms with Gasteiger partial charge in [0.2, 0.25) is 12.2 Å². The summed E-state index contributed by atoms with van der Waals surface area (Å²) in [5.41, 5.74) is 3.67. The van der Waals surface area contributed by atoms with Gasteiger partial charge < -0.3 is 10.2 Å². The number of anilines is 1. The summed E-state index contributed by atoms with van der Waals surface area (Å²) in [6.45, 7) is 6.61. The Balaban J connectivity index is 1.99. The Kier molecular flexibility index (Phi) is 4.34. The number of carbonyl (C=O) groups is 2. The molecule has 1 aromatic carbocycles. The van der Waals surface area contributed by atoms with Gasteiger partial charge in [0.15, 0.2) is 12.2 Å². The SMILES string of the molecule is CCN1C(=O)C[n+]2ccccc2C1C(=O)Nc1c(C)cccc1C. The van der Waals surface area contributed by atoms with E-state index in [4.69, 9.17) is 0 Å². The van der Waals surface area contributed by atoms with E-state index < -0.39 is 6.04 Å². The maximum atomic E-state index is 13.0. The summed E-state index contributed by atoms with van der Waals surface area (Å²) in [6.07, 6.45) is 1.85. The Morgan fingerprint density at radius 1 is 1.21 bits per heavy atom. The van der Waals surface area contributed by atoms with E-state index >= 15 is 0 Å². The first-order valence-corrected chi connectivity index (χ1v) is 8.18. The number of benzene rings is 1. The maximum absolute atomic E-state index is 13.0. The summed E-state index contributed by atoms with van der Waals surface area (Å²) in [4.78, 5) is 27.1. The van der Waals surface area contributed by atoms with Crippen molar-refractivity contribution >= 4 is 17.5 Å². The van der Waals surface area contributed by atoms with Crippen LogP contribution in [0.25, 0.3) is 0 Å². The number of rotatable bonds is 3. The van der Waals surface area contributed by atoms with Gasteiger partial charge in [-0.2, -0.15) is 4.57 Å². The zero-order valence-corrected chi connectivity index (χ0v) is 14.2. The Morgan fingerprint density at radius 2 is 1.92 bits per heavy atom. The number of carbonyl (C=O) groups excluding carboxylic acids is 2. The molecule has 0 aliphatic carbocycles. The molecule has 0 saturated heterocycles. The average Bonchev–Trinajstić information content (AvgIpc) is 2.56. The monoisotopic (exact) mass is 324 g/mol. The first kappa shape index (κ1) is 16.2. The van der Waals surface area contributed by atoms with Crippen molar-refractivity contribution in [3.63, 3.8) is 0 Å². The summed E-state index contributed by atoms with van der Waals surface area (Å²) < 4.78 is 1.85. The van der Waals surface area contributed by atoms with Gasteiger partial charge in [0.05, 0.1) is 0 Å². The standard InChI is InChI=1S/C19H21N3O2/c1-4-22-16(23)12-21-11-6-5-10-15(21)18(22)19(24)20-17-13(2)8-7-9-14(17)3/h5-11,18H,4,12H2,1-3H3/p+1. The van der Waals surface area contributed by atoms with E-state index in [9.17, 15) is 9.59 Å². The van der Waals surface area contributed by atoms with Gasteiger partial charge in [-0.1, -0.05) is 24.3 Å². The van der Waals surface area contributed by atoms with Crippen molar-refractivity contribution in [2.45, 2.75) is 33.4 Å². The molecular formula is C19H22N3O2+. The number of nitrogens with one attached hydrogen (secondary N) is 1. The van der Waals surface area contributed by atoms with Crippen molar-refractivity contribution in [2.75, 3.05) is 11.9 Å². The lowest BCUT2D eigenvalue weighted by molar-refractivity contribution is -0.698. The molecule has 0 radical (unpaired) electrons. The summed E-state index contributed by atoms with van der Waals surface area (Å²) in [7, 11) is 0. The van der Waals surface area contributed by atoms with Crippen LogP contribution in [0, 0.1) is 13.8 Å². The molecule has 1 aliphatic rings. The van der Waals surface area contributed by atoms with Crippen LogP contribution in [-0.2, 0) is 16.1 Å². The quantitative estimate of drug-likeness (QED) is 0.880. The number of amides is 2. The van der Waals surface area contributed by atoms with E-state index in [1.54, 1.807) is 4.90 Å². The third kappa shape index (κ3) is 2.77. The van der Waals surface area contributed by atoms with E-state index in [0.717, 1.165) is 22.5 Å². The molecule has 2 heterocycles. The van der Waals surface area contributed by atoms with Crippen molar-refractivity contribution in [2.24, 2.45) is 0 Å². The lowest BCUT2D eigenvalue weighted by Crippen LogP contribution is -2.58. The lowest BCUT2D eigenvalue weighted by atomic mass is 10.0. The number of fused-ring (bicyclic) bond motifs is 1. The van der Waals surface area contributed by atoms with Crippen molar-refractivity contribution in [3.05, 3.63) is 59.4 Å². The van der Waals surface area contributed by atoms with Gasteiger partial charge in [0.25, 0.3) is 11.8 Å². The average molecular weight is 324 g/mol. The van der Waals surface area contributed by atoms with Crippen LogP contribution >= 0.6 is 0 Å². The van der Waals surface area contributed by atoms with Crippen LogP contribution in [0.3, 0.4) is 0 Å². The normalized spacial score (nSPS) is 16.7. The zero-order chi connectivity index (χ0) is 17.3. The number of hydrogen-bond donors (Lipinski definition) is 1. The molecule has 124 valence electrons. The second-order valence-electron chi connectivity index (χ2n) is 6.09. The molecule has 1 aliphatic heterocycles. The molecule has 1 atom stereocenters.